The quantitative estimate of drug-likeness (QED) is 0.648. The van der Waals surface area contributed by atoms with Gasteiger partial charge in [-0.15, -0.1) is 11.8 Å². The van der Waals surface area contributed by atoms with Crippen molar-refractivity contribution in [2.75, 3.05) is 5.88 Å². The maximum atomic E-state index is 10.8. The van der Waals surface area contributed by atoms with Gasteiger partial charge in [-0.3, -0.25) is 15.2 Å². The van der Waals surface area contributed by atoms with Crippen LogP contribution in [0.4, 0.5) is 0 Å². The Kier molecular flexibility index (Phi) is 2.62. The molecule has 0 fully saturated rings. The van der Waals surface area contributed by atoms with Crippen molar-refractivity contribution >= 4 is 17.7 Å². The van der Waals surface area contributed by atoms with Gasteiger partial charge in [-0.2, -0.15) is 0 Å². The van der Waals surface area contributed by atoms with Crippen molar-refractivity contribution in [3.63, 3.8) is 0 Å². The van der Waals surface area contributed by atoms with Crippen molar-refractivity contribution in [3.05, 3.63) is 11.6 Å². The van der Waals surface area contributed by atoms with Gasteiger partial charge in [-0.25, -0.2) is 0 Å². The van der Waals surface area contributed by atoms with Gasteiger partial charge in [0.2, 0.25) is 5.91 Å². The zero-order valence-electron chi connectivity index (χ0n) is 5.83. The Bertz CT molecular complexity index is 158. The molecule has 1 heterocycles. The van der Waals surface area contributed by atoms with Crippen LogP contribution >= 0.6 is 11.8 Å². The van der Waals surface area contributed by atoms with Gasteiger partial charge >= 0.3 is 0 Å². The highest BCUT2D eigenvalue weighted by atomic mass is 32.2. The van der Waals surface area contributed by atoms with Crippen LogP contribution in [0.3, 0.4) is 0 Å². The first-order chi connectivity index (χ1) is 4.83. The fourth-order valence-corrected chi connectivity index (χ4v) is 1.22. The largest absolute Gasteiger partial charge is 0.282 e. The van der Waals surface area contributed by atoms with Gasteiger partial charge in [0.1, 0.15) is 0 Å². The van der Waals surface area contributed by atoms with Crippen molar-refractivity contribution < 1.29 is 4.79 Å². The molecule has 1 rings (SSSR count). The van der Waals surface area contributed by atoms with Gasteiger partial charge in [-0.05, 0) is 5.41 Å². The molecular weight excluding hydrogens is 148 g/mol. The number of amides is 1. The molecule has 0 unspecified atom stereocenters. The zero-order chi connectivity index (χ0) is 7.40. The molecule has 0 aromatic heterocycles. The van der Waals surface area contributed by atoms with E-state index in [0.29, 0.717) is 6.42 Å². The topological polar surface area (TPSA) is 32.3 Å². The number of carbonyl (C=O) groups excluding carboxylic acids is 1. The summed E-state index contributed by atoms with van der Waals surface area (Å²) in [5.74, 6) is 0.887. The van der Waals surface area contributed by atoms with E-state index in [4.69, 9.17) is 0 Å². The second kappa shape index (κ2) is 3.51. The summed E-state index contributed by atoms with van der Waals surface area (Å²) < 4.78 is 0. The molecule has 0 bridgehead atoms. The summed E-state index contributed by atoms with van der Waals surface area (Å²) in [6.07, 6.45) is 2.40. The van der Waals surface area contributed by atoms with E-state index >= 15 is 0 Å². The Labute approximate surface area is 64.4 Å². The fraction of sp³-hybridized carbons (Fsp3) is 0.500. The molecule has 0 saturated heterocycles. The van der Waals surface area contributed by atoms with Gasteiger partial charge in [0, 0.05) is 12.6 Å². The molecule has 0 radical (unpaired) electrons. The second-order valence-electron chi connectivity index (χ2n) is 1.94. The van der Waals surface area contributed by atoms with Crippen molar-refractivity contribution in [1.82, 2.24) is 10.4 Å². The molecule has 1 amide bonds. The number of hydrazine groups is 1. The van der Waals surface area contributed by atoms with Crippen LogP contribution in [0.5, 0.6) is 0 Å². The van der Waals surface area contributed by atoms with Crippen LogP contribution in [0.25, 0.3) is 0 Å². The third kappa shape index (κ3) is 1.95. The monoisotopic (exact) mass is 158 g/mol. The number of nitrogens with one attached hydrogen (secondary N) is 1. The molecule has 0 aromatic rings. The van der Waals surface area contributed by atoms with Gasteiger partial charge in [0.15, 0.2) is 0 Å². The molecule has 0 spiro atoms. The summed E-state index contributed by atoms with van der Waals surface area (Å²) in [6, 6.07) is 0. The van der Waals surface area contributed by atoms with Crippen LogP contribution in [0, 0.1) is 0 Å². The predicted molar refractivity (Wildman–Crippen MR) is 41.9 cm³/mol. The van der Waals surface area contributed by atoms with Crippen LogP contribution in [0.2, 0.25) is 0 Å². The molecule has 0 aromatic carbocycles. The van der Waals surface area contributed by atoms with E-state index in [0.717, 1.165) is 5.88 Å². The Morgan fingerprint density at radius 1 is 1.90 bits per heavy atom. The molecule has 0 aliphatic carbocycles. The highest BCUT2D eigenvalue weighted by molar-refractivity contribution is 8.02. The van der Waals surface area contributed by atoms with E-state index in [9.17, 15) is 4.79 Å². The molecule has 1 aliphatic heterocycles. The van der Waals surface area contributed by atoms with E-state index in [1.54, 1.807) is 16.8 Å². The number of thioether (sulfide) groups is 1. The molecule has 3 nitrogen and oxygen atoms in total. The molecule has 1 N–H and O–H groups in total. The maximum absolute atomic E-state index is 10.8. The SMILES string of the molecule is CCC(=O)NN1C=CSC1. The lowest BCUT2D eigenvalue weighted by Crippen LogP contribution is -2.36. The van der Waals surface area contributed by atoms with E-state index in [-0.39, 0.29) is 5.91 Å². The Hall–Kier alpha value is -0.640. The highest BCUT2D eigenvalue weighted by Crippen LogP contribution is 2.11. The van der Waals surface area contributed by atoms with Crippen molar-refractivity contribution in [1.29, 1.82) is 0 Å². The van der Waals surface area contributed by atoms with Crippen LogP contribution in [-0.4, -0.2) is 16.8 Å². The zero-order valence-corrected chi connectivity index (χ0v) is 6.65. The third-order valence-electron chi connectivity index (χ3n) is 1.14. The molecule has 4 heteroatoms. The lowest BCUT2D eigenvalue weighted by atomic mass is 10.5. The lowest BCUT2D eigenvalue weighted by molar-refractivity contribution is -0.124. The number of hydrogen-bond acceptors (Lipinski definition) is 3. The average molecular weight is 158 g/mol. The Morgan fingerprint density at radius 3 is 3.20 bits per heavy atom. The summed E-state index contributed by atoms with van der Waals surface area (Å²) in [5, 5.41) is 3.73. The fourth-order valence-electron chi connectivity index (χ4n) is 0.592. The van der Waals surface area contributed by atoms with E-state index in [2.05, 4.69) is 5.43 Å². The standard InChI is InChI=1S/C6H10N2OS/c1-2-6(9)7-8-3-4-10-5-8/h3-4H,2,5H2,1H3,(H,7,9). The van der Waals surface area contributed by atoms with Crippen molar-refractivity contribution in [3.8, 4) is 0 Å². The molecule has 1 aliphatic rings. The molecule has 0 atom stereocenters. The Balaban J connectivity index is 2.24. The minimum atomic E-state index is 0.0622. The Morgan fingerprint density at radius 2 is 2.70 bits per heavy atom. The van der Waals surface area contributed by atoms with Crippen LogP contribution in [0.15, 0.2) is 11.6 Å². The first-order valence-electron chi connectivity index (χ1n) is 3.17. The summed E-state index contributed by atoms with van der Waals surface area (Å²) in [4.78, 5) is 10.8. The first-order valence-corrected chi connectivity index (χ1v) is 4.22. The minimum Gasteiger partial charge on any atom is -0.282 e. The van der Waals surface area contributed by atoms with E-state index < -0.39 is 0 Å². The molecule has 56 valence electrons. The first kappa shape index (κ1) is 7.47. The van der Waals surface area contributed by atoms with Crippen molar-refractivity contribution in [2.45, 2.75) is 13.3 Å². The van der Waals surface area contributed by atoms with Crippen molar-refractivity contribution in [2.24, 2.45) is 0 Å². The van der Waals surface area contributed by atoms with Gasteiger partial charge in [0.25, 0.3) is 0 Å². The number of hydrogen-bond donors (Lipinski definition) is 1. The van der Waals surface area contributed by atoms with Crippen LogP contribution in [0.1, 0.15) is 13.3 Å². The summed E-state index contributed by atoms with van der Waals surface area (Å²) in [6.45, 7) is 1.84. The van der Waals surface area contributed by atoms with Crippen LogP contribution < -0.4 is 5.43 Å². The highest BCUT2D eigenvalue weighted by Gasteiger charge is 2.05. The molecule has 0 saturated carbocycles. The van der Waals surface area contributed by atoms with Gasteiger partial charge in [-0.1, -0.05) is 6.92 Å². The number of rotatable bonds is 2. The lowest BCUT2D eigenvalue weighted by Gasteiger charge is -2.14. The second-order valence-corrected chi connectivity index (χ2v) is 2.80. The van der Waals surface area contributed by atoms with Gasteiger partial charge in [0.05, 0.1) is 5.88 Å². The summed E-state index contributed by atoms with van der Waals surface area (Å²) >= 11 is 1.67. The average Bonchev–Trinajstić information content (AvgIpc) is 2.40. The number of carbonyl (C=O) groups is 1. The number of nitrogens with zero attached hydrogens (tertiary/aromatic N) is 1. The summed E-state index contributed by atoms with van der Waals surface area (Å²) in [7, 11) is 0. The normalized spacial score (nSPS) is 15.9. The predicted octanol–water partition coefficient (Wildman–Crippen LogP) is 0.905. The minimum absolute atomic E-state index is 0.0622. The smallest absolute Gasteiger partial charge is 0.238 e. The van der Waals surface area contributed by atoms with Crippen LogP contribution in [-0.2, 0) is 4.79 Å². The van der Waals surface area contributed by atoms with E-state index in [1.807, 2.05) is 18.5 Å². The van der Waals surface area contributed by atoms with Gasteiger partial charge < -0.3 is 0 Å². The maximum Gasteiger partial charge on any atom is 0.238 e. The third-order valence-corrected chi connectivity index (χ3v) is 1.88. The summed E-state index contributed by atoms with van der Waals surface area (Å²) in [5.41, 5.74) is 2.72. The molecule has 10 heavy (non-hydrogen) atoms. The van der Waals surface area contributed by atoms with E-state index in [1.165, 1.54) is 0 Å². The molecular formula is C6H10N2OS.